The van der Waals surface area contributed by atoms with Gasteiger partial charge in [-0.15, -0.1) is 17.9 Å². The van der Waals surface area contributed by atoms with Gasteiger partial charge in [-0.1, -0.05) is 31.5 Å². The van der Waals surface area contributed by atoms with Crippen molar-refractivity contribution < 1.29 is 51.3 Å². The molecule has 4 amide bonds. The van der Waals surface area contributed by atoms with Crippen molar-refractivity contribution in [3.05, 3.63) is 47.0 Å². The van der Waals surface area contributed by atoms with Crippen molar-refractivity contribution in [1.82, 2.24) is 34.7 Å². The van der Waals surface area contributed by atoms with Gasteiger partial charge in [0, 0.05) is 62.5 Å². The van der Waals surface area contributed by atoms with Crippen LogP contribution in [0.1, 0.15) is 85.8 Å². The van der Waals surface area contributed by atoms with Gasteiger partial charge in [0.15, 0.2) is 0 Å². The number of ether oxygens (including phenoxy) is 5. The number of nitrogens with one attached hydrogen (secondary N) is 2. The second-order valence-electron chi connectivity index (χ2n) is 20.1. The van der Waals surface area contributed by atoms with Gasteiger partial charge >= 0.3 is 6.09 Å². The molecule has 3 saturated heterocycles. The van der Waals surface area contributed by atoms with Gasteiger partial charge in [0.25, 0.3) is 5.91 Å². The number of carbonyl (C=O) groups excluding carboxylic acids is 4. The zero-order valence-electron chi connectivity index (χ0n) is 39.8. The molecule has 8 rings (SSSR count). The number of piperazine rings is 1. The summed E-state index contributed by atoms with van der Waals surface area (Å²) in [7, 11) is -2.54. The molecule has 3 aliphatic heterocycles. The average Bonchev–Trinajstić information content (AvgIpc) is 4.18. The predicted octanol–water partition coefficient (Wildman–Crippen LogP) is 5.28. The number of benzene rings is 1. The van der Waals surface area contributed by atoms with Gasteiger partial charge in [-0.3, -0.25) is 28.9 Å². The van der Waals surface area contributed by atoms with Crippen molar-refractivity contribution in [1.29, 1.82) is 0 Å². The van der Waals surface area contributed by atoms with E-state index < -0.39 is 86.0 Å². The molecule has 370 valence electrons. The number of morpholine rings is 1. The fraction of sp³-hybridized carbons (Fsp3) is 0.617. The topological polar surface area (TPSA) is 208 Å². The lowest BCUT2D eigenvalue weighted by Crippen LogP contribution is -2.71. The van der Waals surface area contributed by atoms with Crippen LogP contribution in [0.3, 0.4) is 0 Å². The maximum absolute atomic E-state index is 15.2. The van der Waals surface area contributed by atoms with Crippen LogP contribution in [0.5, 0.6) is 11.5 Å². The number of nitrogens with zero attached hydrogens (tertiary/aromatic N) is 5. The van der Waals surface area contributed by atoms with Crippen LogP contribution in [0, 0.1) is 5.92 Å². The Labute approximate surface area is 406 Å². The minimum atomic E-state index is -3.97. The fourth-order valence-corrected chi connectivity index (χ4v) is 11.7. The number of hydrogen-bond acceptors (Lipinski definition) is 15. The summed E-state index contributed by atoms with van der Waals surface area (Å²) in [6, 6.07) is 1.85. The molecule has 2 aromatic heterocycles. The molecule has 1 aromatic carbocycles. The standard InChI is InChI=1S/C47H62ClN7O11S2/c1-10-27-23-47(27,43(58)52-68(60,61)28-11-12-28)51-40(56)32-22-36(33-24-54(44(59)66-45(4,5)6)39(42(57)55(32)33)46(7,8)62-9)65-35-21-30(41-50-31(25-67-41)26(2)3)49-38-29(35)13-14-34(37(38)48)64-20-17-53-15-18-63-19-16-53/h10,13-14,21,25-28,32-33,36,39H,1,11-12,15-20,22-24H2,2-9H3,(H,51,56)(H,52,58)/t27-,32+,33-,36-,39+,47-/m1/s1. The number of carbonyl (C=O) groups is 4. The Morgan fingerprint density at radius 1 is 1.10 bits per heavy atom. The van der Waals surface area contributed by atoms with Crippen LogP contribution in [0.4, 0.5) is 4.79 Å². The number of thiazole rings is 1. The van der Waals surface area contributed by atoms with Crippen molar-refractivity contribution >= 4 is 67.7 Å². The maximum Gasteiger partial charge on any atom is 0.411 e. The first-order chi connectivity index (χ1) is 32.1. The van der Waals surface area contributed by atoms with Crippen molar-refractivity contribution in [2.45, 2.75) is 126 Å². The number of halogens is 1. The molecule has 21 heteroatoms. The van der Waals surface area contributed by atoms with Crippen LogP contribution in [0.2, 0.25) is 5.02 Å². The van der Waals surface area contributed by atoms with E-state index in [1.165, 1.54) is 34.3 Å². The Morgan fingerprint density at radius 2 is 1.82 bits per heavy atom. The van der Waals surface area contributed by atoms with Gasteiger partial charge in [0.05, 0.1) is 41.3 Å². The van der Waals surface area contributed by atoms with Crippen LogP contribution in [0.15, 0.2) is 36.2 Å². The molecule has 2 aliphatic carbocycles. The van der Waals surface area contributed by atoms with E-state index in [1.54, 1.807) is 52.8 Å². The van der Waals surface area contributed by atoms with E-state index >= 15 is 4.79 Å². The summed E-state index contributed by atoms with van der Waals surface area (Å²) in [5.41, 5.74) is -2.11. The van der Waals surface area contributed by atoms with Crippen LogP contribution in [-0.4, -0.2) is 156 Å². The Balaban J connectivity index is 1.18. The quantitative estimate of drug-likeness (QED) is 0.175. The van der Waals surface area contributed by atoms with Crippen LogP contribution in [0.25, 0.3) is 21.6 Å². The second-order valence-corrected chi connectivity index (χ2v) is 23.3. The number of rotatable bonds is 16. The van der Waals surface area contributed by atoms with E-state index in [-0.39, 0.29) is 30.3 Å². The molecule has 0 spiro atoms. The number of methoxy groups -OCH3 is 1. The van der Waals surface area contributed by atoms with Gasteiger partial charge < -0.3 is 33.9 Å². The molecule has 18 nitrogen and oxygen atoms in total. The number of pyridine rings is 1. The molecular weight excluding hydrogens is 938 g/mol. The van der Waals surface area contributed by atoms with Crippen LogP contribution in [-0.2, 0) is 38.6 Å². The molecule has 6 atom stereocenters. The minimum absolute atomic E-state index is 0.0915. The van der Waals surface area contributed by atoms with Crippen molar-refractivity contribution in [3.8, 4) is 22.2 Å². The molecule has 5 heterocycles. The van der Waals surface area contributed by atoms with E-state index in [9.17, 15) is 22.8 Å². The van der Waals surface area contributed by atoms with Crippen molar-refractivity contribution in [2.75, 3.05) is 53.1 Å². The SMILES string of the molecule is C=C[C@@H]1C[C@]1(NC(=O)[C@@H]1C[C@@H](Oc2cc(-c3nc(C(C)C)cs3)nc3c(Cl)c(OCCN4CCOCC4)ccc23)[C@H]2CN(C(=O)OC(C)(C)C)[C@H](C(C)(C)OC)C(=O)N21)C(=O)NS(=O)(=O)C1CC1. The molecule has 5 aliphatic rings. The first-order valence-corrected chi connectivity index (χ1v) is 25.9. The molecule has 2 N–H and O–H groups in total. The molecule has 68 heavy (non-hydrogen) atoms. The lowest BCUT2D eigenvalue weighted by Gasteiger charge is -2.49. The highest BCUT2D eigenvalue weighted by molar-refractivity contribution is 7.91. The fourth-order valence-electron chi connectivity index (χ4n) is 9.14. The lowest BCUT2D eigenvalue weighted by molar-refractivity contribution is -0.163. The first-order valence-electron chi connectivity index (χ1n) is 23.1. The molecule has 0 unspecified atom stereocenters. The molecule has 0 radical (unpaired) electrons. The summed E-state index contributed by atoms with van der Waals surface area (Å²) in [5.74, 6) is -1.87. The molecular formula is C47H62ClN7O11S2. The van der Waals surface area contributed by atoms with E-state index in [0.717, 1.165) is 18.8 Å². The Hall–Kier alpha value is -4.60. The zero-order chi connectivity index (χ0) is 49.1. The first kappa shape index (κ1) is 49.8. The van der Waals surface area contributed by atoms with E-state index in [4.69, 9.17) is 45.3 Å². The molecule has 5 fully saturated rings. The number of sulfonamides is 1. The maximum atomic E-state index is 15.2. The van der Waals surface area contributed by atoms with Gasteiger partial charge in [-0.25, -0.2) is 23.2 Å². The third-order valence-corrected chi connectivity index (χ3v) is 16.4. The normalized spacial score (nSPS) is 25.6. The zero-order valence-corrected chi connectivity index (χ0v) is 42.2. The summed E-state index contributed by atoms with van der Waals surface area (Å²) in [6.07, 6.45) is 0.657. The number of aromatic nitrogens is 2. The van der Waals surface area contributed by atoms with Crippen molar-refractivity contribution in [2.24, 2.45) is 5.92 Å². The second kappa shape index (κ2) is 19.0. The summed E-state index contributed by atoms with van der Waals surface area (Å²) in [4.78, 5) is 73.0. The monoisotopic (exact) mass is 999 g/mol. The molecule has 3 aromatic rings. The third-order valence-electron chi connectivity index (χ3n) is 13.4. The third kappa shape index (κ3) is 10.0. The van der Waals surface area contributed by atoms with E-state index in [1.807, 2.05) is 19.2 Å². The average molecular weight is 1000 g/mol. The van der Waals surface area contributed by atoms with E-state index in [2.05, 4.69) is 21.5 Å². The Bertz CT molecular complexity index is 2580. The number of amides is 4. The number of hydrogen-bond donors (Lipinski definition) is 2. The summed E-state index contributed by atoms with van der Waals surface area (Å²) >= 11 is 8.59. The molecule has 2 saturated carbocycles. The van der Waals surface area contributed by atoms with E-state index in [0.29, 0.717) is 72.3 Å². The highest BCUT2D eigenvalue weighted by Gasteiger charge is 2.64. The van der Waals surface area contributed by atoms with Gasteiger partial charge in [-0.05, 0) is 71.9 Å². The van der Waals surface area contributed by atoms with Gasteiger partial charge in [0.2, 0.25) is 21.8 Å². The highest BCUT2D eigenvalue weighted by atomic mass is 35.5. The predicted molar refractivity (Wildman–Crippen MR) is 255 cm³/mol. The smallest absolute Gasteiger partial charge is 0.411 e. The van der Waals surface area contributed by atoms with Crippen molar-refractivity contribution in [3.63, 3.8) is 0 Å². The summed E-state index contributed by atoms with van der Waals surface area (Å²) in [5, 5.41) is 5.53. The van der Waals surface area contributed by atoms with Crippen LogP contribution < -0.4 is 19.5 Å². The Morgan fingerprint density at radius 3 is 2.44 bits per heavy atom. The molecule has 0 bridgehead atoms. The Kier molecular flexibility index (Phi) is 13.9. The van der Waals surface area contributed by atoms with Crippen LogP contribution >= 0.6 is 22.9 Å². The number of fused-ring (bicyclic) bond motifs is 2. The summed E-state index contributed by atoms with van der Waals surface area (Å²) < 4.78 is 58.6. The minimum Gasteiger partial charge on any atom is -0.491 e. The summed E-state index contributed by atoms with van der Waals surface area (Å²) in [6.45, 7) is 20.3. The van der Waals surface area contributed by atoms with Gasteiger partial charge in [0.1, 0.15) is 63.2 Å². The largest absolute Gasteiger partial charge is 0.491 e. The highest BCUT2D eigenvalue weighted by Crippen LogP contribution is 2.47. The lowest BCUT2D eigenvalue weighted by atomic mass is 9.91. The van der Waals surface area contributed by atoms with Gasteiger partial charge in [-0.2, -0.15) is 0 Å².